The van der Waals surface area contributed by atoms with Crippen LogP contribution in [0.1, 0.15) is 16.5 Å². The molecule has 0 bridgehead atoms. The lowest BCUT2D eigenvalue weighted by Gasteiger charge is -2.27. The van der Waals surface area contributed by atoms with Crippen molar-refractivity contribution in [1.82, 2.24) is 19.9 Å². The van der Waals surface area contributed by atoms with E-state index in [9.17, 15) is 9.59 Å². The molecule has 3 aromatic rings. The van der Waals surface area contributed by atoms with Crippen LogP contribution in [0, 0.1) is 25.7 Å². The molecule has 2 fully saturated rings. The summed E-state index contributed by atoms with van der Waals surface area (Å²) in [4.78, 5) is 35.6. The summed E-state index contributed by atoms with van der Waals surface area (Å²) in [5, 5.41) is 15.4. The Hall–Kier alpha value is -2.62. The van der Waals surface area contributed by atoms with Gasteiger partial charge in [0.15, 0.2) is 0 Å². The zero-order valence-electron chi connectivity index (χ0n) is 17.9. The second-order valence-corrected chi connectivity index (χ2v) is 10.2. The van der Waals surface area contributed by atoms with Crippen LogP contribution in [-0.2, 0) is 5.41 Å². The molecule has 1 aliphatic carbocycles. The lowest BCUT2D eigenvalue weighted by molar-refractivity contribution is 0.192. The number of aryl methyl sites for hydroxylation is 2. The molecule has 8 nitrogen and oxygen atoms in total. The van der Waals surface area contributed by atoms with Crippen LogP contribution in [0.25, 0.3) is 5.69 Å². The van der Waals surface area contributed by atoms with E-state index in [4.69, 9.17) is 28.3 Å². The molecule has 2 aromatic heterocycles. The number of aromatic nitrogens is 3. The van der Waals surface area contributed by atoms with Gasteiger partial charge in [-0.15, -0.1) is 11.3 Å². The second-order valence-electron chi connectivity index (χ2n) is 8.52. The molecule has 2 N–H and O–H groups in total. The Morgan fingerprint density at radius 2 is 2.00 bits per heavy atom. The smallest absolute Gasteiger partial charge is 0.404 e. The van der Waals surface area contributed by atoms with E-state index < -0.39 is 6.09 Å². The molecule has 3 atom stereocenters. The minimum atomic E-state index is -1.04. The molecular weight excluding hydrogens is 485 g/mol. The van der Waals surface area contributed by atoms with Gasteiger partial charge in [0, 0.05) is 42.2 Å². The summed E-state index contributed by atoms with van der Waals surface area (Å²) in [6.07, 6.45) is -1.04. The third kappa shape index (κ3) is 3.59. The summed E-state index contributed by atoms with van der Waals surface area (Å²) in [6.45, 7) is 5.39. The normalized spacial score (nSPS) is 23.5. The first-order chi connectivity index (χ1) is 15.7. The number of carboxylic acid groups (broad SMARTS) is 1. The maximum atomic E-state index is 13.0. The maximum Gasteiger partial charge on any atom is 0.404 e. The molecular formula is C22H21Cl2N5O3S. The zero-order chi connectivity index (χ0) is 23.5. The Balaban J connectivity index is 1.42. The molecule has 2 aliphatic rings. The van der Waals surface area contributed by atoms with Gasteiger partial charge in [-0.2, -0.15) is 0 Å². The van der Waals surface area contributed by atoms with Crippen LogP contribution in [-0.4, -0.2) is 45.4 Å². The maximum absolute atomic E-state index is 13.0. The molecule has 1 aliphatic heterocycles. The number of hydrogen-bond acceptors (Lipinski definition) is 6. The third-order valence-electron chi connectivity index (χ3n) is 6.65. The highest BCUT2D eigenvalue weighted by molar-refractivity contribution is 7.09. The first-order valence-corrected chi connectivity index (χ1v) is 12.1. The topological polar surface area (TPSA) is 100 Å². The summed E-state index contributed by atoms with van der Waals surface area (Å²) < 4.78 is 1.45. The Morgan fingerprint density at radius 3 is 2.61 bits per heavy atom. The van der Waals surface area contributed by atoms with Gasteiger partial charge in [0.1, 0.15) is 16.6 Å². The van der Waals surface area contributed by atoms with Gasteiger partial charge in [-0.1, -0.05) is 29.3 Å². The fraction of sp³-hybridized carbons (Fsp3) is 0.364. The fourth-order valence-corrected chi connectivity index (χ4v) is 6.57. The van der Waals surface area contributed by atoms with Crippen molar-refractivity contribution in [3.8, 4) is 5.69 Å². The standard InChI is InChI=1S/C22H21Cl2N5O3S/c1-11-9-33-20(26-11)22(10-25-21(31)32)13-7-28(8-14(13)22)17-6-18(30)29(12(2)27-17)16-5-3-4-15(23)19(16)24/h3-6,9,13-14,25H,7-8,10H2,1-2H3,(H,31,32)/t13-,14+,22?. The Kier molecular flexibility index (Phi) is 5.38. The van der Waals surface area contributed by atoms with Gasteiger partial charge in [-0.25, -0.2) is 14.8 Å². The molecule has 5 rings (SSSR count). The van der Waals surface area contributed by atoms with Gasteiger partial charge in [0.25, 0.3) is 5.56 Å². The molecule has 1 unspecified atom stereocenters. The molecule has 1 aromatic carbocycles. The van der Waals surface area contributed by atoms with Crippen molar-refractivity contribution in [2.24, 2.45) is 11.8 Å². The minimum Gasteiger partial charge on any atom is -0.465 e. The van der Waals surface area contributed by atoms with Crippen molar-refractivity contribution in [2.45, 2.75) is 19.3 Å². The van der Waals surface area contributed by atoms with E-state index >= 15 is 0 Å². The molecule has 1 amide bonds. The van der Waals surface area contributed by atoms with Crippen molar-refractivity contribution in [2.75, 3.05) is 24.5 Å². The molecule has 11 heteroatoms. The number of carbonyl (C=O) groups is 1. The number of fused-ring (bicyclic) bond motifs is 1. The fourth-order valence-electron chi connectivity index (χ4n) is 5.07. The first-order valence-electron chi connectivity index (χ1n) is 10.4. The Morgan fingerprint density at radius 1 is 1.27 bits per heavy atom. The minimum absolute atomic E-state index is 0.238. The summed E-state index contributed by atoms with van der Waals surface area (Å²) in [5.74, 6) is 1.59. The van der Waals surface area contributed by atoms with Gasteiger partial charge in [-0.3, -0.25) is 9.36 Å². The average Bonchev–Trinajstić information content (AvgIpc) is 3.10. The predicted octanol–water partition coefficient (Wildman–Crippen LogP) is 3.88. The van der Waals surface area contributed by atoms with E-state index in [0.717, 1.165) is 10.7 Å². The number of hydrogen-bond donors (Lipinski definition) is 2. The third-order valence-corrected chi connectivity index (χ3v) is 8.61. The van der Waals surface area contributed by atoms with Crippen molar-refractivity contribution in [3.05, 3.63) is 66.6 Å². The number of benzene rings is 1. The lowest BCUT2D eigenvalue weighted by atomic mass is 10.0. The Bertz CT molecular complexity index is 1310. The number of thiazole rings is 1. The van der Waals surface area contributed by atoms with Crippen molar-refractivity contribution in [1.29, 1.82) is 0 Å². The van der Waals surface area contributed by atoms with E-state index in [1.165, 1.54) is 10.6 Å². The molecule has 172 valence electrons. The van der Waals surface area contributed by atoms with Crippen LogP contribution >= 0.6 is 34.5 Å². The highest BCUT2D eigenvalue weighted by Crippen LogP contribution is 2.64. The van der Waals surface area contributed by atoms with Crippen LogP contribution < -0.4 is 15.8 Å². The molecule has 0 spiro atoms. The number of halogens is 2. The van der Waals surface area contributed by atoms with Gasteiger partial charge < -0.3 is 15.3 Å². The lowest BCUT2D eigenvalue weighted by Crippen LogP contribution is -2.39. The predicted molar refractivity (Wildman–Crippen MR) is 128 cm³/mol. The van der Waals surface area contributed by atoms with Crippen LogP contribution in [0.4, 0.5) is 10.6 Å². The van der Waals surface area contributed by atoms with E-state index in [0.29, 0.717) is 47.0 Å². The van der Waals surface area contributed by atoms with E-state index in [2.05, 4.69) is 20.2 Å². The molecule has 1 saturated heterocycles. The van der Waals surface area contributed by atoms with E-state index in [1.807, 2.05) is 12.3 Å². The summed E-state index contributed by atoms with van der Waals surface area (Å²) in [6, 6.07) is 6.65. The molecule has 3 heterocycles. The average molecular weight is 506 g/mol. The number of piperidine rings is 1. The molecule has 1 saturated carbocycles. The second kappa shape index (κ2) is 8.00. The van der Waals surface area contributed by atoms with Gasteiger partial charge >= 0.3 is 6.09 Å². The van der Waals surface area contributed by atoms with Crippen LogP contribution in [0.3, 0.4) is 0 Å². The highest BCUT2D eigenvalue weighted by atomic mass is 35.5. The largest absolute Gasteiger partial charge is 0.465 e. The first kappa shape index (κ1) is 22.2. The van der Waals surface area contributed by atoms with Crippen molar-refractivity contribution in [3.63, 3.8) is 0 Å². The van der Waals surface area contributed by atoms with Gasteiger partial charge in [-0.05, 0) is 37.8 Å². The van der Waals surface area contributed by atoms with E-state index in [1.54, 1.807) is 36.5 Å². The monoisotopic (exact) mass is 505 g/mol. The number of amides is 1. The highest BCUT2D eigenvalue weighted by Gasteiger charge is 2.70. The SMILES string of the molecule is Cc1csc(C2(CNC(=O)O)[C@@H]3CN(c4cc(=O)n(-c5cccc(Cl)c5Cl)c(C)n4)C[C@@H]32)n1. The van der Waals surface area contributed by atoms with Crippen LogP contribution in [0.2, 0.25) is 10.0 Å². The summed E-state index contributed by atoms with van der Waals surface area (Å²) in [7, 11) is 0. The zero-order valence-corrected chi connectivity index (χ0v) is 20.2. The number of nitrogens with one attached hydrogen (secondary N) is 1. The summed E-state index contributed by atoms with van der Waals surface area (Å²) >= 11 is 14.0. The van der Waals surface area contributed by atoms with Crippen molar-refractivity contribution >= 4 is 46.4 Å². The quantitative estimate of drug-likeness (QED) is 0.545. The van der Waals surface area contributed by atoms with Crippen LogP contribution in [0.5, 0.6) is 0 Å². The van der Waals surface area contributed by atoms with E-state index in [-0.39, 0.29) is 22.8 Å². The van der Waals surface area contributed by atoms with Crippen LogP contribution in [0.15, 0.2) is 34.4 Å². The number of rotatable bonds is 5. The Labute approximate surface area is 203 Å². The number of anilines is 1. The van der Waals surface area contributed by atoms with Gasteiger partial charge in [0.2, 0.25) is 0 Å². The summed E-state index contributed by atoms with van der Waals surface area (Å²) in [5.41, 5.74) is 0.892. The number of nitrogens with zero attached hydrogens (tertiary/aromatic N) is 4. The molecule has 33 heavy (non-hydrogen) atoms. The van der Waals surface area contributed by atoms with Crippen molar-refractivity contribution < 1.29 is 9.90 Å². The van der Waals surface area contributed by atoms with Gasteiger partial charge in [0.05, 0.1) is 15.7 Å². The molecule has 0 radical (unpaired) electrons.